The maximum Gasteiger partial charge on any atom is 0.433 e. The number of hydrogen-bond acceptors (Lipinski definition) is 5. The summed E-state index contributed by atoms with van der Waals surface area (Å²) in [5.41, 5.74) is 0.0784. The van der Waals surface area contributed by atoms with E-state index in [2.05, 4.69) is 19.9 Å². The summed E-state index contributed by atoms with van der Waals surface area (Å²) >= 11 is 0. The fourth-order valence-electron chi connectivity index (χ4n) is 2.49. The molecule has 0 saturated carbocycles. The van der Waals surface area contributed by atoms with E-state index in [1.165, 1.54) is 0 Å². The van der Waals surface area contributed by atoms with Crippen molar-refractivity contribution in [2.24, 2.45) is 0 Å². The van der Waals surface area contributed by atoms with Crippen molar-refractivity contribution in [3.63, 3.8) is 0 Å². The standard InChI is InChI=1S/C15H16F3N5/c16-15(17,18)13-4-6-20-14(21-13)23-9-7-22(8-10-23)11-12-3-1-2-5-19-12/h1-6H,7-11H2. The van der Waals surface area contributed by atoms with Gasteiger partial charge in [0.25, 0.3) is 0 Å². The molecule has 1 saturated heterocycles. The van der Waals surface area contributed by atoms with Gasteiger partial charge in [-0.2, -0.15) is 13.2 Å². The fraction of sp³-hybridized carbons (Fsp3) is 0.400. The lowest BCUT2D eigenvalue weighted by Gasteiger charge is -2.34. The average Bonchev–Trinajstić information content (AvgIpc) is 2.56. The summed E-state index contributed by atoms with van der Waals surface area (Å²) in [4.78, 5) is 15.9. The van der Waals surface area contributed by atoms with Crippen molar-refractivity contribution in [1.29, 1.82) is 0 Å². The average molecular weight is 323 g/mol. The lowest BCUT2D eigenvalue weighted by Crippen LogP contribution is -2.46. The zero-order valence-electron chi connectivity index (χ0n) is 12.4. The van der Waals surface area contributed by atoms with E-state index in [4.69, 9.17) is 0 Å². The molecule has 0 N–H and O–H groups in total. The predicted octanol–water partition coefficient (Wildman–Crippen LogP) is 2.21. The summed E-state index contributed by atoms with van der Waals surface area (Å²) in [5.74, 6) is 0.136. The smallest absolute Gasteiger partial charge is 0.338 e. The van der Waals surface area contributed by atoms with Crippen LogP contribution >= 0.6 is 0 Å². The third kappa shape index (κ3) is 3.95. The van der Waals surface area contributed by atoms with Gasteiger partial charge in [0.05, 0.1) is 5.69 Å². The second kappa shape index (κ2) is 6.49. The Morgan fingerprint density at radius 2 is 1.74 bits per heavy atom. The van der Waals surface area contributed by atoms with Crippen LogP contribution in [-0.4, -0.2) is 46.0 Å². The minimum absolute atomic E-state index is 0.136. The van der Waals surface area contributed by atoms with Crippen LogP contribution in [0.25, 0.3) is 0 Å². The molecule has 0 aliphatic carbocycles. The molecule has 0 amide bonds. The molecule has 0 aromatic carbocycles. The van der Waals surface area contributed by atoms with Gasteiger partial charge in [-0.1, -0.05) is 6.07 Å². The Morgan fingerprint density at radius 1 is 0.957 bits per heavy atom. The molecule has 23 heavy (non-hydrogen) atoms. The van der Waals surface area contributed by atoms with Crippen molar-refractivity contribution in [1.82, 2.24) is 19.9 Å². The maximum atomic E-state index is 12.7. The summed E-state index contributed by atoms with van der Waals surface area (Å²) in [6.45, 7) is 3.38. The minimum atomic E-state index is -4.45. The summed E-state index contributed by atoms with van der Waals surface area (Å²) in [6.07, 6.45) is -1.54. The molecule has 0 radical (unpaired) electrons. The summed E-state index contributed by atoms with van der Waals surface area (Å²) in [6, 6.07) is 6.66. The number of aromatic nitrogens is 3. The number of pyridine rings is 1. The molecular weight excluding hydrogens is 307 g/mol. The Morgan fingerprint density at radius 3 is 2.39 bits per heavy atom. The van der Waals surface area contributed by atoms with Gasteiger partial charge in [-0.25, -0.2) is 9.97 Å². The van der Waals surface area contributed by atoms with Crippen molar-refractivity contribution in [2.75, 3.05) is 31.1 Å². The number of halogens is 3. The third-order valence-electron chi connectivity index (χ3n) is 3.70. The third-order valence-corrected chi connectivity index (χ3v) is 3.70. The second-order valence-electron chi connectivity index (χ2n) is 5.32. The first-order chi connectivity index (χ1) is 11.0. The molecule has 3 heterocycles. The quantitative estimate of drug-likeness (QED) is 0.867. The summed E-state index contributed by atoms with van der Waals surface area (Å²) in [7, 11) is 0. The van der Waals surface area contributed by atoms with Crippen LogP contribution in [-0.2, 0) is 12.7 Å². The lowest BCUT2D eigenvalue weighted by molar-refractivity contribution is -0.141. The van der Waals surface area contributed by atoms with E-state index in [1.54, 1.807) is 11.1 Å². The van der Waals surface area contributed by atoms with Crippen molar-refractivity contribution in [3.8, 4) is 0 Å². The van der Waals surface area contributed by atoms with Gasteiger partial charge in [0.1, 0.15) is 5.69 Å². The van der Waals surface area contributed by atoms with Crippen LogP contribution in [0.4, 0.5) is 19.1 Å². The van der Waals surface area contributed by atoms with Gasteiger partial charge in [-0.3, -0.25) is 9.88 Å². The molecule has 0 spiro atoms. The van der Waals surface area contributed by atoms with Crippen LogP contribution in [0.3, 0.4) is 0 Å². The molecule has 3 rings (SSSR count). The summed E-state index contributed by atoms with van der Waals surface area (Å²) in [5, 5.41) is 0. The van der Waals surface area contributed by atoms with Crippen LogP contribution < -0.4 is 4.90 Å². The first kappa shape index (κ1) is 15.7. The van der Waals surface area contributed by atoms with E-state index < -0.39 is 11.9 Å². The number of nitrogens with zero attached hydrogens (tertiary/aromatic N) is 5. The topological polar surface area (TPSA) is 45.2 Å². The van der Waals surface area contributed by atoms with Crippen molar-refractivity contribution >= 4 is 5.95 Å². The number of anilines is 1. The van der Waals surface area contributed by atoms with Gasteiger partial charge in [-0.15, -0.1) is 0 Å². The van der Waals surface area contributed by atoms with Crippen LogP contribution in [0, 0.1) is 0 Å². The SMILES string of the molecule is FC(F)(F)c1ccnc(N2CCN(Cc3ccccn3)CC2)n1. The highest BCUT2D eigenvalue weighted by molar-refractivity contribution is 5.31. The zero-order chi connectivity index (χ0) is 16.3. The van der Waals surface area contributed by atoms with Crippen LogP contribution in [0.2, 0.25) is 0 Å². The highest BCUT2D eigenvalue weighted by Crippen LogP contribution is 2.28. The molecule has 8 heteroatoms. The largest absolute Gasteiger partial charge is 0.433 e. The van der Waals surface area contributed by atoms with Gasteiger partial charge in [0.2, 0.25) is 5.95 Å². The number of rotatable bonds is 3. The monoisotopic (exact) mass is 323 g/mol. The highest BCUT2D eigenvalue weighted by Gasteiger charge is 2.33. The van der Waals surface area contributed by atoms with E-state index in [0.717, 1.165) is 37.6 Å². The normalized spacial score (nSPS) is 16.6. The van der Waals surface area contributed by atoms with Crippen molar-refractivity contribution < 1.29 is 13.2 Å². The summed E-state index contributed by atoms with van der Waals surface area (Å²) < 4.78 is 38.1. The molecule has 1 fully saturated rings. The van der Waals surface area contributed by atoms with Crippen molar-refractivity contribution in [3.05, 3.63) is 48.0 Å². The molecule has 1 aliphatic heterocycles. The Balaban J connectivity index is 1.61. The lowest BCUT2D eigenvalue weighted by atomic mass is 10.3. The molecule has 0 bridgehead atoms. The Hall–Kier alpha value is -2.22. The van der Waals surface area contributed by atoms with E-state index in [-0.39, 0.29) is 5.95 Å². The number of alkyl halides is 3. The van der Waals surface area contributed by atoms with Gasteiger partial charge in [-0.05, 0) is 18.2 Å². The first-order valence-corrected chi connectivity index (χ1v) is 7.30. The van der Waals surface area contributed by atoms with Gasteiger partial charge in [0, 0.05) is 45.1 Å². The van der Waals surface area contributed by atoms with Gasteiger partial charge >= 0.3 is 6.18 Å². The molecular formula is C15H16F3N5. The van der Waals surface area contributed by atoms with E-state index >= 15 is 0 Å². The van der Waals surface area contributed by atoms with Crippen molar-refractivity contribution in [2.45, 2.75) is 12.7 Å². The minimum Gasteiger partial charge on any atom is -0.338 e. The van der Waals surface area contributed by atoms with Crippen LogP contribution in [0.5, 0.6) is 0 Å². The first-order valence-electron chi connectivity index (χ1n) is 7.30. The Bertz CT molecular complexity index is 639. The predicted molar refractivity (Wildman–Crippen MR) is 78.8 cm³/mol. The molecule has 2 aromatic rings. The van der Waals surface area contributed by atoms with Gasteiger partial charge in [0.15, 0.2) is 0 Å². The van der Waals surface area contributed by atoms with E-state index in [0.29, 0.717) is 13.1 Å². The second-order valence-corrected chi connectivity index (χ2v) is 5.32. The molecule has 122 valence electrons. The molecule has 2 aromatic heterocycles. The molecule has 1 aliphatic rings. The fourth-order valence-corrected chi connectivity index (χ4v) is 2.49. The Kier molecular flexibility index (Phi) is 4.42. The molecule has 5 nitrogen and oxygen atoms in total. The van der Waals surface area contributed by atoms with Crippen LogP contribution in [0.1, 0.15) is 11.4 Å². The zero-order valence-corrected chi connectivity index (χ0v) is 12.4. The highest BCUT2D eigenvalue weighted by atomic mass is 19.4. The maximum absolute atomic E-state index is 12.7. The van der Waals surface area contributed by atoms with Crippen LogP contribution in [0.15, 0.2) is 36.7 Å². The number of piperazine rings is 1. The molecule has 0 unspecified atom stereocenters. The molecule has 0 atom stereocenters. The van der Waals surface area contributed by atoms with Gasteiger partial charge < -0.3 is 4.90 Å². The van der Waals surface area contributed by atoms with E-state index in [9.17, 15) is 13.2 Å². The number of hydrogen-bond donors (Lipinski definition) is 0. The van der Waals surface area contributed by atoms with E-state index in [1.807, 2.05) is 18.2 Å². The Labute approximate surface area is 131 Å².